The van der Waals surface area contributed by atoms with Crippen LogP contribution in [-0.2, 0) is 4.74 Å². The molecule has 0 aliphatic carbocycles. The molecular weight excluding hydrogens is 138 g/mol. The fourth-order valence-corrected chi connectivity index (χ4v) is 1.73. The lowest BCUT2D eigenvalue weighted by molar-refractivity contribution is -0.0363. The Hall–Kier alpha value is -0.0800. The first-order valence-electron chi connectivity index (χ1n) is 4.59. The van der Waals surface area contributed by atoms with E-state index >= 15 is 0 Å². The molecule has 66 valence electrons. The molecule has 0 N–H and O–H groups in total. The van der Waals surface area contributed by atoms with Crippen molar-refractivity contribution in [1.29, 1.82) is 0 Å². The Kier molecular flexibility index (Phi) is 3.34. The zero-order chi connectivity index (χ0) is 8.27. The normalized spacial score (nSPS) is 34.1. The van der Waals surface area contributed by atoms with Crippen LogP contribution in [-0.4, -0.2) is 36.7 Å². The monoisotopic (exact) mass is 157 g/mol. The van der Waals surface area contributed by atoms with Crippen LogP contribution in [0.25, 0.3) is 0 Å². The minimum atomic E-state index is 0.610. The standard InChI is InChI=1S/C9H19NO/c1-4-5-10-8(2)6-11-7-9(10)3/h8-9H,4-7H2,1-3H3/t8-,9-/m1/s1. The van der Waals surface area contributed by atoms with Gasteiger partial charge in [0.1, 0.15) is 0 Å². The van der Waals surface area contributed by atoms with Gasteiger partial charge in [-0.25, -0.2) is 0 Å². The van der Waals surface area contributed by atoms with Crippen molar-refractivity contribution < 1.29 is 4.74 Å². The van der Waals surface area contributed by atoms with Gasteiger partial charge >= 0.3 is 0 Å². The van der Waals surface area contributed by atoms with Crippen molar-refractivity contribution in [2.24, 2.45) is 0 Å². The third-order valence-electron chi connectivity index (χ3n) is 2.33. The average molecular weight is 157 g/mol. The summed E-state index contributed by atoms with van der Waals surface area (Å²) >= 11 is 0. The van der Waals surface area contributed by atoms with E-state index in [-0.39, 0.29) is 0 Å². The highest BCUT2D eigenvalue weighted by Crippen LogP contribution is 2.12. The number of hydrogen-bond acceptors (Lipinski definition) is 2. The van der Waals surface area contributed by atoms with Gasteiger partial charge in [-0.15, -0.1) is 0 Å². The Bertz CT molecular complexity index is 106. The summed E-state index contributed by atoms with van der Waals surface area (Å²) in [6.07, 6.45) is 1.24. The zero-order valence-electron chi connectivity index (χ0n) is 7.84. The lowest BCUT2D eigenvalue weighted by Gasteiger charge is -2.38. The van der Waals surface area contributed by atoms with Crippen molar-refractivity contribution >= 4 is 0 Å². The van der Waals surface area contributed by atoms with Crippen LogP contribution in [0.15, 0.2) is 0 Å². The predicted molar refractivity (Wildman–Crippen MR) is 46.7 cm³/mol. The Morgan fingerprint density at radius 3 is 2.27 bits per heavy atom. The largest absolute Gasteiger partial charge is 0.378 e. The highest BCUT2D eigenvalue weighted by Gasteiger charge is 2.23. The number of hydrogen-bond donors (Lipinski definition) is 0. The Labute approximate surface area is 69.5 Å². The second kappa shape index (κ2) is 4.07. The maximum Gasteiger partial charge on any atom is 0.0620 e. The molecule has 1 aliphatic rings. The first-order chi connectivity index (χ1) is 5.25. The molecule has 0 radical (unpaired) electrons. The van der Waals surface area contributed by atoms with Crippen LogP contribution in [0.3, 0.4) is 0 Å². The molecule has 2 heteroatoms. The summed E-state index contributed by atoms with van der Waals surface area (Å²) in [7, 11) is 0. The van der Waals surface area contributed by atoms with E-state index in [1.54, 1.807) is 0 Å². The molecule has 0 amide bonds. The predicted octanol–water partition coefficient (Wildman–Crippen LogP) is 1.51. The van der Waals surface area contributed by atoms with Gasteiger partial charge in [0.05, 0.1) is 13.2 Å². The second-order valence-corrected chi connectivity index (χ2v) is 3.47. The van der Waals surface area contributed by atoms with Crippen LogP contribution in [0.2, 0.25) is 0 Å². The Morgan fingerprint density at radius 2 is 1.82 bits per heavy atom. The van der Waals surface area contributed by atoms with E-state index in [2.05, 4.69) is 25.7 Å². The number of ether oxygens (including phenoxy) is 1. The number of rotatable bonds is 2. The van der Waals surface area contributed by atoms with Gasteiger partial charge in [-0.05, 0) is 26.8 Å². The maximum absolute atomic E-state index is 5.43. The van der Waals surface area contributed by atoms with E-state index in [4.69, 9.17) is 4.74 Å². The molecule has 2 nitrogen and oxygen atoms in total. The van der Waals surface area contributed by atoms with Gasteiger partial charge in [-0.3, -0.25) is 4.90 Å². The summed E-state index contributed by atoms with van der Waals surface area (Å²) in [5, 5.41) is 0. The number of nitrogens with zero attached hydrogens (tertiary/aromatic N) is 1. The van der Waals surface area contributed by atoms with Crippen LogP contribution in [0, 0.1) is 0 Å². The van der Waals surface area contributed by atoms with Gasteiger partial charge in [-0.2, -0.15) is 0 Å². The molecule has 0 spiro atoms. The van der Waals surface area contributed by atoms with Gasteiger partial charge in [0.15, 0.2) is 0 Å². The van der Waals surface area contributed by atoms with Gasteiger partial charge in [-0.1, -0.05) is 6.92 Å². The Balaban J connectivity index is 2.41. The van der Waals surface area contributed by atoms with Crippen molar-refractivity contribution in [2.45, 2.75) is 39.3 Å². The second-order valence-electron chi connectivity index (χ2n) is 3.47. The Morgan fingerprint density at radius 1 is 1.27 bits per heavy atom. The summed E-state index contributed by atoms with van der Waals surface area (Å²) < 4.78 is 5.43. The molecule has 1 heterocycles. The summed E-state index contributed by atoms with van der Waals surface area (Å²) in [5.41, 5.74) is 0. The molecule has 1 rings (SSSR count). The molecule has 2 atom stereocenters. The quantitative estimate of drug-likeness (QED) is 0.602. The third-order valence-corrected chi connectivity index (χ3v) is 2.33. The summed E-state index contributed by atoms with van der Waals surface area (Å²) in [5.74, 6) is 0. The summed E-state index contributed by atoms with van der Waals surface area (Å²) in [6, 6.07) is 1.22. The molecule has 0 bridgehead atoms. The minimum absolute atomic E-state index is 0.610. The molecule has 11 heavy (non-hydrogen) atoms. The molecule has 0 unspecified atom stereocenters. The van der Waals surface area contributed by atoms with E-state index in [9.17, 15) is 0 Å². The zero-order valence-corrected chi connectivity index (χ0v) is 7.84. The van der Waals surface area contributed by atoms with Crippen molar-refractivity contribution in [2.75, 3.05) is 19.8 Å². The van der Waals surface area contributed by atoms with Crippen molar-refractivity contribution in [3.8, 4) is 0 Å². The highest BCUT2D eigenvalue weighted by molar-refractivity contribution is 4.76. The van der Waals surface area contributed by atoms with Crippen LogP contribution in [0.5, 0.6) is 0 Å². The molecule has 0 saturated carbocycles. The first kappa shape index (κ1) is 9.01. The maximum atomic E-state index is 5.43. The van der Waals surface area contributed by atoms with Crippen LogP contribution < -0.4 is 0 Å². The van der Waals surface area contributed by atoms with Crippen LogP contribution >= 0.6 is 0 Å². The highest BCUT2D eigenvalue weighted by atomic mass is 16.5. The van der Waals surface area contributed by atoms with Crippen molar-refractivity contribution in [3.05, 3.63) is 0 Å². The van der Waals surface area contributed by atoms with Gasteiger partial charge in [0.25, 0.3) is 0 Å². The van der Waals surface area contributed by atoms with Gasteiger partial charge in [0, 0.05) is 12.1 Å². The van der Waals surface area contributed by atoms with Crippen molar-refractivity contribution in [3.63, 3.8) is 0 Å². The van der Waals surface area contributed by atoms with Crippen molar-refractivity contribution in [1.82, 2.24) is 4.90 Å². The molecule has 1 fully saturated rings. The SMILES string of the molecule is CCCN1[C@H](C)COC[C@H]1C. The fourth-order valence-electron chi connectivity index (χ4n) is 1.73. The van der Waals surface area contributed by atoms with Gasteiger partial charge in [0.2, 0.25) is 0 Å². The molecule has 1 saturated heterocycles. The van der Waals surface area contributed by atoms with E-state index in [0.29, 0.717) is 12.1 Å². The van der Waals surface area contributed by atoms with Crippen LogP contribution in [0.4, 0.5) is 0 Å². The number of morpholine rings is 1. The third kappa shape index (κ3) is 2.17. The molecule has 0 aromatic rings. The minimum Gasteiger partial charge on any atom is -0.378 e. The van der Waals surface area contributed by atoms with E-state index in [0.717, 1.165) is 13.2 Å². The molecule has 0 aromatic carbocycles. The topological polar surface area (TPSA) is 12.5 Å². The molecule has 1 aliphatic heterocycles. The molecular formula is C9H19NO. The summed E-state index contributed by atoms with van der Waals surface area (Å²) in [6.45, 7) is 9.74. The van der Waals surface area contributed by atoms with E-state index < -0.39 is 0 Å². The van der Waals surface area contributed by atoms with Gasteiger partial charge < -0.3 is 4.74 Å². The lowest BCUT2D eigenvalue weighted by Crippen LogP contribution is -2.49. The van der Waals surface area contributed by atoms with E-state index in [1.807, 2.05) is 0 Å². The van der Waals surface area contributed by atoms with E-state index in [1.165, 1.54) is 13.0 Å². The van der Waals surface area contributed by atoms with Crippen LogP contribution in [0.1, 0.15) is 27.2 Å². The summed E-state index contributed by atoms with van der Waals surface area (Å²) in [4.78, 5) is 2.53. The average Bonchev–Trinajstić information content (AvgIpc) is 1.97. The smallest absolute Gasteiger partial charge is 0.0620 e. The first-order valence-corrected chi connectivity index (χ1v) is 4.59. The molecule has 0 aromatic heterocycles. The fraction of sp³-hybridized carbons (Fsp3) is 1.00. The lowest BCUT2D eigenvalue weighted by atomic mass is 10.1.